The van der Waals surface area contributed by atoms with E-state index >= 15 is 0 Å². The molecule has 174 valence electrons. The Balaban J connectivity index is 2.18. The number of hydrogen-bond acceptors (Lipinski definition) is 4. The molecule has 2 heterocycles. The SMILES string of the molecule is C=C/C=C(\C=C)Cn1[nH]c2cc(=O)n(Cc3cc(OC)cc(OC)c3)c(CCCC)c2c1=O. The third-order valence-corrected chi connectivity index (χ3v) is 5.59. The van der Waals surface area contributed by atoms with Gasteiger partial charge in [0.05, 0.1) is 38.2 Å². The molecule has 2 aromatic heterocycles. The van der Waals surface area contributed by atoms with Gasteiger partial charge < -0.3 is 14.0 Å². The number of benzene rings is 1. The van der Waals surface area contributed by atoms with E-state index in [9.17, 15) is 9.59 Å². The zero-order valence-corrected chi connectivity index (χ0v) is 19.5. The van der Waals surface area contributed by atoms with Crippen LogP contribution in [0, 0.1) is 0 Å². The summed E-state index contributed by atoms with van der Waals surface area (Å²) in [6.07, 6.45) is 7.57. The number of unbranched alkanes of at least 4 members (excludes halogenated alkanes) is 1. The summed E-state index contributed by atoms with van der Waals surface area (Å²) in [5.41, 5.74) is 2.63. The van der Waals surface area contributed by atoms with E-state index in [1.54, 1.807) is 43.1 Å². The van der Waals surface area contributed by atoms with Crippen molar-refractivity contribution >= 4 is 10.9 Å². The Bertz CT molecular complexity index is 1290. The molecule has 0 amide bonds. The second-order valence-electron chi connectivity index (χ2n) is 7.81. The monoisotopic (exact) mass is 449 g/mol. The zero-order valence-electron chi connectivity index (χ0n) is 19.5. The number of H-pyrrole nitrogens is 1. The molecule has 1 N–H and O–H groups in total. The smallest absolute Gasteiger partial charge is 0.276 e. The number of methoxy groups -OCH3 is 2. The number of pyridine rings is 1. The summed E-state index contributed by atoms with van der Waals surface area (Å²) in [6, 6.07) is 7.01. The molecule has 7 heteroatoms. The lowest BCUT2D eigenvalue weighted by Gasteiger charge is -2.15. The minimum atomic E-state index is -0.172. The lowest BCUT2D eigenvalue weighted by molar-refractivity contribution is 0.393. The van der Waals surface area contributed by atoms with Gasteiger partial charge in [-0.25, -0.2) is 4.68 Å². The van der Waals surface area contributed by atoms with E-state index in [1.165, 1.54) is 10.7 Å². The first-order valence-electron chi connectivity index (χ1n) is 11.0. The summed E-state index contributed by atoms with van der Waals surface area (Å²) in [5.74, 6) is 1.28. The van der Waals surface area contributed by atoms with E-state index in [0.29, 0.717) is 41.9 Å². The summed E-state index contributed by atoms with van der Waals surface area (Å²) in [5, 5.41) is 3.64. The molecule has 1 aromatic carbocycles. The number of nitrogens with zero attached hydrogens (tertiary/aromatic N) is 2. The van der Waals surface area contributed by atoms with Crippen molar-refractivity contribution in [3.8, 4) is 11.5 Å². The number of aryl methyl sites for hydroxylation is 1. The van der Waals surface area contributed by atoms with Gasteiger partial charge in [0.25, 0.3) is 11.1 Å². The van der Waals surface area contributed by atoms with Crippen LogP contribution in [0.1, 0.15) is 31.0 Å². The third kappa shape index (κ3) is 5.19. The Morgan fingerprint density at radius 1 is 1.09 bits per heavy atom. The molecule has 0 aliphatic rings. The lowest BCUT2D eigenvalue weighted by Crippen LogP contribution is -2.25. The fourth-order valence-corrected chi connectivity index (χ4v) is 3.90. The first kappa shape index (κ1) is 23.9. The normalized spacial score (nSPS) is 11.5. The topological polar surface area (TPSA) is 78.2 Å². The Morgan fingerprint density at radius 2 is 1.79 bits per heavy atom. The highest BCUT2D eigenvalue weighted by Gasteiger charge is 2.18. The maximum absolute atomic E-state index is 13.4. The largest absolute Gasteiger partial charge is 0.497 e. The molecule has 0 saturated carbocycles. The van der Waals surface area contributed by atoms with E-state index in [-0.39, 0.29) is 11.1 Å². The summed E-state index contributed by atoms with van der Waals surface area (Å²) in [6.45, 7) is 10.2. The summed E-state index contributed by atoms with van der Waals surface area (Å²) >= 11 is 0. The van der Waals surface area contributed by atoms with Crippen molar-refractivity contribution in [2.75, 3.05) is 14.2 Å². The summed E-state index contributed by atoms with van der Waals surface area (Å²) in [4.78, 5) is 26.5. The van der Waals surface area contributed by atoms with Crippen LogP contribution in [0.4, 0.5) is 0 Å². The number of aromatic nitrogens is 3. The second-order valence-corrected chi connectivity index (χ2v) is 7.81. The van der Waals surface area contributed by atoms with Crippen LogP contribution in [0.5, 0.6) is 11.5 Å². The number of nitrogens with one attached hydrogen (secondary N) is 1. The van der Waals surface area contributed by atoms with Gasteiger partial charge in [-0.05, 0) is 36.1 Å². The van der Waals surface area contributed by atoms with Gasteiger partial charge in [0.2, 0.25) is 0 Å². The van der Waals surface area contributed by atoms with E-state index in [0.717, 1.165) is 29.7 Å². The molecule has 0 aliphatic heterocycles. The first-order valence-corrected chi connectivity index (χ1v) is 11.0. The average Bonchev–Trinajstić information content (AvgIpc) is 3.12. The molecule has 33 heavy (non-hydrogen) atoms. The third-order valence-electron chi connectivity index (χ3n) is 5.59. The summed E-state index contributed by atoms with van der Waals surface area (Å²) in [7, 11) is 3.17. The maximum Gasteiger partial charge on any atom is 0.276 e. The van der Waals surface area contributed by atoms with Crippen molar-refractivity contribution in [2.24, 2.45) is 0 Å². The fourth-order valence-electron chi connectivity index (χ4n) is 3.90. The molecule has 3 rings (SSSR count). The quantitative estimate of drug-likeness (QED) is 0.445. The van der Waals surface area contributed by atoms with E-state index in [2.05, 4.69) is 25.2 Å². The predicted octanol–water partition coefficient (Wildman–Crippen LogP) is 4.20. The molecular weight excluding hydrogens is 418 g/mol. The number of hydrogen-bond donors (Lipinski definition) is 1. The molecule has 0 atom stereocenters. The molecule has 0 saturated heterocycles. The predicted molar refractivity (Wildman–Crippen MR) is 133 cm³/mol. The fraction of sp³-hybridized carbons (Fsp3) is 0.308. The minimum absolute atomic E-state index is 0.162. The van der Waals surface area contributed by atoms with Crippen LogP contribution in [-0.2, 0) is 19.5 Å². The molecule has 0 fully saturated rings. The molecule has 3 aromatic rings. The lowest BCUT2D eigenvalue weighted by atomic mass is 10.1. The minimum Gasteiger partial charge on any atom is -0.497 e. The zero-order chi connectivity index (χ0) is 24.0. The second kappa shape index (κ2) is 10.7. The highest BCUT2D eigenvalue weighted by molar-refractivity contribution is 5.80. The van der Waals surface area contributed by atoms with Crippen LogP contribution in [0.3, 0.4) is 0 Å². The van der Waals surface area contributed by atoms with Crippen molar-refractivity contribution in [1.29, 1.82) is 0 Å². The molecule has 0 aliphatic carbocycles. The van der Waals surface area contributed by atoms with Gasteiger partial charge in [0.15, 0.2) is 0 Å². The van der Waals surface area contributed by atoms with E-state index in [4.69, 9.17) is 9.47 Å². The van der Waals surface area contributed by atoms with Gasteiger partial charge in [-0.3, -0.25) is 14.7 Å². The number of aromatic amines is 1. The number of rotatable bonds is 11. The first-order chi connectivity index (χ1) is 15.9. The van der Waals surface area contributed by atoms with Gasteiger partial charge in [0, 0.05) is 17.8 Å². The van der Waals surface area contributed by atoms with Crippen molar-refractivity contribution in [3.63, 3.8) is 0 Å². The van der Waals surface area contributed by atoms with Crippen LogP contribution < -0.4 is 20.6 Å². The van der Waals surface area contributed by atoms with Crippen LogP contribution in [-0.4, -0.2) is 28.6 Å². The van der Waals surface area contributed by atoms with Gasteiger partial charge in [-0.15, -0.1) is 0 Å². The molecular formula is C26H31N3O4. The Hall–Kier alpha value is -3.74. The molecule has 0 spiro atoms. The van der Waals surface area contributed by atoms with Gasteiger partial charge >= 0.3 is 0 Å². The summed E-state index contributed by atoms with van der Waals surface area (Å²) < 4.78 is 13.9. The van der Waals surface area contributed by atoms with Gasteiger partial charge in [-0.1, -0.05) is 44.7 Å². The van der Waals surface area contributed by atoms with Crippen molar-refractivity contribution in [1.82, 2.24) is 14.3 Å². The standard InChI is InChI=1S/C26H31N3O4/c1-6-9-11-23-25-22(27-29(26(25)31)17-18(8-3)10-7-2)15-24(30)28(23)16-19-12-20(32-4)14-21(13-19)33-5/h7-8,10,12-15,27H,2-3,6,9,11,16-17H2,1,4-5H3/b18-10+. The number of ether oxygens (including phenoxy) is 2. The van der Waals surface area contributed by atoms with Crippen LogP contribution in [0.15, 0.2) is 70.8 Å². The number of fused-ring (bicyclic) bond motifs is 1. The van der Waals surface area contributed by atoms with E-state index in [1.807, 2.05) is 12.1 Å². The Morgan fingerprint density at radius 3 is 2.36 bits per heavy atom. The molecule has 0 unspecified atom stereocenters. The molecule has 7 nitrogen and oxygen atoms in total. The maximum atomic E-state index is 13.4. The van der Waals surface area contributed by atoms with Crippen molar-refractivity contribution < 1.29 is 9.47 Å². The van der Waals surface area contributed by atoms with Crippen LogP contribution in [0.2, 0.25) is 0 Å². The van der Waals surface area contributed by atoms with E-state index < -0.39 is 0 Å². The van der Waals surface area contributed by atoms with Crippen molar-refractivity contribution in [3.05, 3.63) is 93.2 Å². The number of allylic oxidation sites excluding steroid dienone is 4. The Kier molecular flexibility index (Phi) is 7.77. The molecule has 0 radical (unpaired) electrons. The van der Waals surface area contributed by atoms with Gasteiger partial charge in [0.1, 0.15) is 11.5 Å². The Labute approximate surface area is 193 Å². The van der Waals surface area contributed by atoms with Crippen LogP contribution >= 0.6 is 0 Å². The van der Waals surface area contributed by atoms with Crippen LogP contribution in [0.25, 0.3) is 10.9 Å². The van der Waals surface area contributed by atoms with Gasteiger partial charge in [-0.2, -0.15) is 0 Å². The highest BCUT2D eigenvalue weighted by atomic mass is 16.5. The molecule has 0 bridgehead atoms. The highest BCUT2D eigenvalue weighted by Crippen LogP contribution is 2.24. The van der Waals surface area contributed by atoms with Crippen molar-refractivity contribution in [2.45, 2.75) is 39.3 Å². The average molecular weight is 450 g/mol.